The first-order chi connectivity index (χ1) is 11.4. The van der Waals surface area contributed by atoms with Gasteiger partial charge in [0.1, 0.15) is 17.8 Å². The van der Waals surface area contributed by atoms with Gasteiger partial charge in [0.15, 0.2) is 11.5 Å². The van der Waals surface area contributed by atoms with Crippen molar-refractivity contribution in [3.63, 3.8) is 0 Å². The van der Waals surface area contributed by atoms with Gasteiger partial charge < -0.3 is 14.2 Å². The van der Waals surface area contributed by atoms with Crippen molar-refractivity contribution in [1.82, 2.24) is 15.0 Å². The largest absolute Gasteiger partial charge is 0.491 e. The van der Waals surface area contributed by atoms with Crippen LogP contribution < -0.4 is 14.2 Å². The zero-order valence-corrected chi connectivity index (χ0v) is 12.0. The van der Waals surface area contributed by atoms with Crippen molar-refractivity contribution in [3.8, 4) is 22.9 Å². The van der Waals surface area contributed by atoms with E-state index in [0.717, 1.165) is 34.2 Å². The molecule has 0 aliphatic carbocycles. The van der Waals surface area contributed by atoms with Crippen LogP contribution in [-0.4, -0.2) is 28.4 Å². The fourth-order valence-electron chi connectivity index (χ4n) is 3.94. The Morgan fingerprint density at radius 2 is 1.83 bits per heavy atom. The standard InChI is InChI=1S/C17H11N3O3/c1-2-4-12-10(3-1)17(16-7-18-19-20(12)16)8-21-13-6-15-14(5-11(13)17)22-9-23-15/h1-7H,8-9H2. The van der Waals surface area contributed by atoms with E-state index in [0.29, 0.717) is 6.61 Å². The molecule has 2 aromatic carbocycles. The molecule has 0 saturated heterocycles. The Bertz CT molecular complexity index is 981. The molecule has 6 rings (SSSR count). The van der Waals surface area contributed by atoms with Crippen molar-refractivity contribution in [2.45, 2.75) is 5.41 Å². The summed E-state index contributed by atoms with van der Waals surface area (Å²) in [6.45, 7) is 0.775. The topological polar surface area (TPSA) is 58.4 Å². The highest BCUT2D eigenvalue weighted by atomic mass is 16.7. The lowest BCUT2D eigenvalue weighted by molar-refractivity contribution is 0.173. The fourth-order valence-corrected chi connectivity index (χ4v) is 3.94. The van der Waals surface area contributed by atoms with E-state index in [9.17, 15) is 0 Å². The lowest BCUT2D eigenvalue weighted by Gasteiger charge is -2.22. The van der Waals surface area contributed by atoms with Crippen LogP contribution in [0.3, 0.4) is 0 Å². The Hall–Kier alpha value is -3.02. The molecule has 6 nitrogen and oxygen atoms in total. The molecule has 4 heterocycles. The second-order valence-corrected chi connectivity index (χ2v) is 5.94. The number of benzene rings is 2. The van der Waals surface area contributed by atoms with Crippen molar-refractivity contribution in [2.75, 3.05) is 13.4 Å². The average molecular weight is 305 g/mol. The van der Waals surface area contributed by atoms with E-state index in [1.54, 1.807) is 0 Å². The molecule has 23 heavy (non-hydrogen) atoms. The molecule has 3 aliphatic heterocycles. The molecular weight excluding hydrogens is 294 g/mol. The van der Waals surface area contributed by atoms with Gasteiger partial charge in [-0.1, -0.05) is 23.4 Å². The molecule has 6 heteroatoms. The van der Waals surface area contributed by atoms with Gasteiger partial charge in [0.25, 0.3) is 0 Å². The van der Waals surface area contributed by atoms with Crippen molar-refractivity contribution >= 4 is 0 Å². The molecule has 0 N–H and O–H groups in total. The van der Waals surface area contributed by atoms with Gasteiger partial charge in [-0.3, -0.25) is 0 Å². The molecule has 112 valence electrons. The zero-order valence-electron chi connectivity index (χ0n) is 12.0. The van der Waals surface area contributed by atoms with Crippen LogP contribution >= 0.6 is 0 Å². The van der Waals surface area contributed by atoms with Crippen molar-refractivity contribution in [2.24, 2.45) is 0 Å². The van der Waals surface area contributed by atoms with E-state index in [-0.39, 0.29) is 6.79 Å². The van der Waals surface area contributed by atoms with Crippen molar-refractivity contribution < 1.29 is 14.2 Å². The number of hydrogen-bond acceptors (Lipinski definition) is 5. The minimum atomic E-state index is -0.392. The Morgan fingerprint density at radius 1 is 0.957 bits per heavy atom. The first-order valence-electron chi connectivity index (χ1n) is 7.46. The smallest absolute Gasteiger partial charge is 0.231 e. The minimum absolute atomic E-state index is 0.251. The van der Waals surface area contributed by atoms with Crippen molar-refractivity contribution in [3.05, 3.63) is 59.4 Å². The van der Waals surface area contributed by atoms with Gasteiger partial charge in [0.05, 0.1) is 17.6 Å². The predicted octanol–water partition coefficient (Wildman–Crippen LogP) is 2.04. The third kappa shape index (κ3) is 1.18. The third-order valence-electron chi connectivity index (χ3n) is 4.96. The average Bonchev–Trinajstić information content (AvgIpc) is 3.33. The van der Waals surface area contributed by atoms with Gasteiger partial charge in [-0.25, -0.2) is 4.68 Å². The Morgan fingerprint density at radius 3 is 2.78 bits per heavy atom. The maximum Gasteiger partial charge on any atom is 0.231 e. The van der Waals surface area contributed by atoms with Gasteiger partial charge in [0, 0.05) is 11.6 Å². The van der Waals surface area contributed by atoms with Crippen LogP contribution in [0.5, 0.6) is 17.2 Å². The molecule has 0 radical (unpaired) electrons. The summed E-state index contributed by atoms with van der Waals surface area (Å²) >= 11 is 0. The van der Waals surface area contributed by atoms with Crippen LogP contribution in [-0.2, 0) is 5.41 Å². The lowest BCUT2D eigenvalue weighted by atomic mass is 9.75. The maximum absolute atomic E-state index is 6.04. The molecule has 1 aromatic heterocycles. The number of rotatable bonds is 0. The monoisotopic (exact) mass is 305 g/mol. The second-order valence-electron chi connectivity index (χ2n) is 5.94. The zero-order chi connectivity index (χ0) is 15.0. The van der Waals surface area contributed by atoms with Crippen LogP contribution in [0.2, 0.25) is 0 Å². The van der Waals surface area contributed by atoms with E-state index >= 15 is 0 Å². The number of hydrogen-bond donors (Lipinski definition) is 0. The van der Waals surface area contributed by atoms with Gasteiger partial charge in [-0.2, -0.15) is 0 Å². The first kappa shape index (κ1) is 11.5. The van der Waals surface area contributed by atoms with E-state index in [1.807, 2.05) is 35.1 Å². The summed E-state index contributed by atoms with van der Waals surface area (Å²) < 4.78 is 19.0. The van der Waals surface area contributed by atoms with E-state index in [1.165, 1.54) is 5.56 Å². The molecule has 0 bridgehead atoms. The number of ether oxygens (including phenoxy) is 3. The molecule has 0 fully saturated rings. The van der Waals surface area contributed by atoms with Gasteiger partial charge >= 0.3 is 0 Å². The van der Waals surface area contributed by atoms with Crippen LogP contribution in [0, 0.1) is 0 Å². The van der Waals surface area contributed by atoms with E-state index < -0.39 is 5.41 Å². The molecule has 3 aliphatic rings. The van der Waals surface area contributed by atoms with E-state index in [4.69, 9.17) is 14.2 Å². The lowest BCUT2D eigenvalue weighted by Crippen LogP contribution is -2.28. The summed E-state index contributed by atoms with van der Waals surface area (Å²) in [6.07, 6.45) is 1.82. The summed E-state index contributed by atoms with van der Waals surface area (Å²) in [5, 5.41) is 8.37. The Balaban J connectivity index is 1.71. The number of nitrogens with zero attached hydrogens (tertiary/aromatic N) is 3. The highest BCUT2D eigenvalue weighted by Crippen LogP contribution is 2.55. The van der Waals surface area contributed by atoms with Crippen LogP contribution in [0.25, 0.3) is 5.69 Å². The molecule has 1 spiro atoms. The quantitative estimate of drug-likeness (QED) is 0.636. The van der Waals surface area contributed by atoms with Gasteiger partial charge in [-0.05, 0) is 17.7 Å². The number of aromatic nitrogens is 3. The molecule has 0 amide bonds. The van der Waals surface area contributed by atoms with Gasteiger partial charge in [-0.15, -0.1) is 5.10 Å². The van der Waals surface area contributed by atoms with Crippen LogP contribution in [0.4, 0.5) is 0 Å². The summed E-state index contributed by atoms with van der Waals surface area (Å²) in [6, 6.07) is 12.2. The van der Waals surface area contributed by atoms with E-state index in [2.05, 4.69) is 22.4 Å². The summed E-state index contributed by atoms with van der Waals surface area (Å²) in [5.41, 5.74) is 3.94. The Kier molecular flexibility index (Phi) is 1.83. The number of para-hydroxylation sites is 1. The highest BCUT2D eigenvalue weighted by Gasteiger charge is 2.52. The normalized spacial score (nSPS) is 21.9. The first-order valence-corrected chi connectivity index (χ1v) is 7.46. The summed E-state index contributed by atoms with van der Waals surface area (Å²) in [4.78, 5) is 0. The van der Waals surface area contributed by atoms with Crippen molar-refractivity contribution in [1.29, 1.82) is 0 Å². The highest BCUT2D eigenvalue weighted by molar-refractivity contribution is 5.69. The number of fused-ring (bicyclic) bond motifs is 8. The molecule has 1 atom stereocenters. The maximum atomic E-state index is 6.04. The van der Waals surface area contributed by atoms with Crippen LogP contribution in [0.15, 0.2) is 42.6 Å². The predicted molar refractivity (Wildman–Crippen MR) is 79.3 cm³/mol. The molecular formula is C17H11N3O3. The minimum Gasteiger partial charge on any atom is -0.491 e. The van der Waals surface area contributed by atoms with Crippen LogP contribution in [0.1, 0.15) is 16.8 Å². The summed E-state index contributed by atoms with van der Waals surface area (Å²) in [7, 11) is 0. The fraction of sp³-hybridized carbons (Fsp3) is 0.176. The SMILES string of the molecule is c1ccc2c(c1)-n1nncc1C21COc2cc3c(cc21)OCO3. The second kappa shape index (κ2) is 3.65. The third-order valence-corrected chi connectivity index (χ3v) is 4.96. The molecule has 1 unspecified atom stereocenters. The van der Waals surface area contributed by atoms with Gasteiger partial charge in [0.2, 0.25) is 6.79 Å². The Labute approximate surface area is 131 Å². The summed E-state index contributed by atoms with van der Waals surface area (Å²) in [5.74, 6) is 2.33. The molecule has 3 aromatic rings. The molecule has 0 saturated carbocycles.